The van der Waals surface area contributed by atoms with Gasteiger partial charge < -0.3 is 19.3 Å². The van der Waals surface area contributed by atoms with Crippen LogP contribution in [-0.4, -0.2) is 71.5 Å². The zero-order valence-electron chi connectivity index (χ0n) is 17.4. The molecule has 1 aliphatic heterocycles. The highest BCUT2D eigenvalue weighted by Gasteiger charge is 2.35. The quantitative estimate of drug-likeness (QED) is 0.583. The van der Waals surface area contributed by atoms with Crippen LogP contribution in [0.3, 0.4) is 0 Å². The highest BCUT2D eigenvalue weighted by atomic mass is 35.5. The Bertz CT molecular complexity index is 893. The predicted molar refractivity (Wildman–Crippen MR) is 111 cm³/mol. The van der Waals surface area contributed by atoms with Crippen LogP contribution < -0.4 is 9.64 Å². The van der Waals surface area contributed by atoms with Crippen LogP contribution in [0.15, 0.2) is 30.7 Å². The number of rotatable bonds is 8. The maximum atomic E-state index is 12.9. The van der Waals surface area contributed by atoms with Gasteiger partial charge in [0, 0.05) is 32.4 Å². The van der Waals surface area contributed by atoms with E-state index in [1.54, 1.807) is 24.1 Å². The maximum absolute atomic E-state index is 12.9. The van der Waals surface area contributed by atoms with E-state index in [0.717, 1.165) is 12.0 Å². The predicted octanol–water partition coefficient (Wildman–Crippen LogP) is 3.07. The summed E-state index contributed by atoms with van der Waals surface area (Å²) in [6.07, 6.45) is -1.81. The van der Waals surface area contributed by atoms with Crippen LogP contribution in [0.5, 0.6) is 5.75 Å². The van der Waals surface area contributed by atoms with Gasteiger partial charge in [-0.2, -0.15) is 23.4 Å². The average Bonchev–Trinajstić information content (AvgIpc) is 2.78. The van der Waals surface area contributed by atoms with Crippen molar-refractivity contribution in [3.63, 3.8) is 0 Å². The lowest BCUT2D eigenvalue weighted by molar-refractivity contribution is -0.140. The number of carbonyl (C=O) groups excluding carboxylic acids is 1. The molecule has 1 aliphatic rings. The van der Waals surface area contributed by atoms with E-state index in [9.17, 15) is 18.0 Å². The first-order chi connectivity index (χ1) is 15.2. The summed E-state index contributed by atoms with van der Waals surface area (Å²) in [5, 5.41) is 7.24. The van der Waals surface area contributed by atoms with Crippen LogP contribution in [0.2, 0.25) is 5.02 Å². The molecular weight excluding hydrogens is 451 g/mol. The molecule has 0 bridgehead atoms. The molecule has 1 atom stereocenters. The summed E-state index contributed by atoms with van der Waals surface area (Å²) in [4.78, 5) is 20.6. The van der Waals surface area contributed by atoms with Crippen molar-refractivity contribution in [3.8, 4) is 5.75 Å². The van der Waals surface area contributed by atoms with Gasteiger partial charge in [0.1, 0.15) is 18.0 Å². The summed E-state index contributed by atoms with van der Waals surface area (Å²) in [6.45, 7) is 4.14. The van der Waals surface area contributed by atoms with Gasteiger partial charge in [0.25, 0.3) is 0 Å². The van der Waals surface area contributed by atoms with E-state index < -0.39 is 23.6 Å². The normalized spacial score (nSPS) is 15.5. The minimum Gasteiger partial charge on any atom is -0.489 e. The smallest absolute Gasteiger partial charge is 0.421 e. The topological polar surface area (TPSA) is 80.7 Å². The van der Waals surface area contributed by atoms with Gasteiger partial charge in [0.2, 0.25) is 5.91 Å². The number of alkyl halides is 3. The largest absolute Gasteiger partial charge is 0.489 e. The third-order valence-corrected chi connectivity index (χ3v) is 5.08. The Kier molecular flexibility index (Phi) is 8.08. The Labute approximate surface area is 188 Å². The Morgan fingerprint density at radius 1 is 1.16 bits per heavy atom. The second-order valence-electron chi connectivity index (χ2n) is 7.21. The Hall–Kier alpha value is -2.66. The molecule has 0 radical (unpaired) electrons. The Morgan fingerprint density at radius 2 is 1.88 bits per heavy atom. The lowest BCUT2D eigenvalue weighted by Crippen LogP contribution is -2.49. The van der Waals surface area contributed by atoms with Crippen LogP contribution >= 0.6 is 11.6 Å². The summed E-state index contributed by atoms with van der Waals surface area (Å²) >= 11 is 5.86. The highest BCUT2D eigenvalue weighted by molar-refractivity contribution is 6.30. The molecule has 0 unspecified atom stereocenters. The molecule has 0 aliphatic carbocycles. The number of anilines is 1. The van der Waals surface area contributed by atoms with Crippen molar-refractivity contribution in [2.75, 3.05) is 44.3 Å². The number of ether oxygens (including phenoxy) is 2. The zero-order valence-corrected chi connectivity index (χ0v) is 18.1. The van der Waals surface area contributed by atoms with E-state index in [4.69, 9.17) is 21.1 Å². The molecular formula is C20H23ClF3N5O3. The van der Waals surface area contributed by atoms with Crippen molar-refractivity contribution in [2.24, 2.45) is 0 Å². The number of pyridine rings is 1. The van der Waals surface area contributed by atoms with Gasteiger partial charge in [0.15, 0.2) is 5.75 Å². The number of hydrogen-bond acceptors (Lipinski definition) is 7. The lowest BCUT2D eigenvalue weighted by Gasteiger charge is -2.35. The lowest BCUT2D eigenvalue weighted by atomic mass is 10.2. The standard InChI is InChI=1S/C20H23ClF3N5O3/c1-14(13-32-17-12-27-26-11-16(17)20(22,23)24)31-9-4-19(30)29-7-5-28(6-8-29)18-3-2-15(21)10-25-18/h2-3,10-12,14H,4-9,13H2,1H3/t14-/m1/s1. The summed E-state index contributed by atoms with van der Waals surface area (Å²) in [5.74, 6) is 0.364. The molecule has 0 aromatic carbocycles. The molecule has 0 saturated carbocycles. The van der Waals surface area contributed by atoms with Gasteiger partial charge in [-0.3, -0.25) is 4.79 Å². The molecule has 1 fully saturated rings. The van der Waals surface area contributed by atoms with Gasteiger partial charge in [0.05, 0.1) is 36.5 Å². The molecule has 12 heteroatoms. The summed E-state index contributed by atoms with van der Waals surface area (Å²) in [7, 11) is 0. The first-order valence-electron chi connectivity index (χ1n) is 10.0. The maximum Gasteiger partial charge on any atom is 0.421 e. The number of nitrogens with zero attached hydrogens (tertiary/aromatic N) is 5. The zero-order chi connectivity index (χ0) is 23.1. The van der Waals surface area contributed by atoms with Gasteiger partial charge in [-0.25, -0.2) is 4.98 Å². The highest BCUT2D eigenvalue weighted by Crippen LogP contribution is 2.34. The number of halogens is 4. The van der Waals surface area contributed by atoms with E-state index in [-0.39, 0.29) is 25.5 Å². The van der Waals surface area contributed by atoms with Crippen LogP contribution in [0.1, 0.15) is 18.9 Å². The molecule has 3 rings (SSSR count). The number of carbonyl (C=O) groups is 1. The molecule has 0 spiro atoms. The van der Waals surface area contributed by atoms with Crippen molar-refractivity contribution in [1.82, 2.24) is 20.1 Å². The van der Waals surface area contributed by atoms with Gasteiger partial charge in [-0.15, -0.1) is 0 Å². The summed E-state index contributed by atoms with van der Waals surface area (Å²) < 4.78 is 49.6. The number of hydrogen-bond donors (Lipinski definition) is 0. The fourth-order valence-electron chi connectivity index (χ4n) is 3.14. The van der Waals surface area contributed by atoms with Crippen LogP contribution in [0.4, 0.5) is 19.0 Å². The molecule has 2 aromatic rings. The Balaban J connectivity index is 1.37. The minimum absolute atomic E-state index is 0.0421. The second-order valence-corrected chi connectivity index (χ2v) is 7.65. The van der Waals surface area contributed by atoms with Gasteiger partial charge in [-0.05, 0) is 19.1 Å². The number of amides is 1. The van der Waals surface area contributed by atoms with Gasteiger partial charge in [-0.1, -0.05) is 11.6 Å². The molecule has 32 heavy (non-hydrogen) atoms. The molecule has 3 heterocycles. The minimum atomic E-state index is -4.59. The van der Waals surface area contributed by atoms with Crippen LogP contribution in [0.25, 0.3) is 0 Å². The second kappa shape index (κ2) is 10.8. The van der Waals surface area contributed by atoms with E-state index >= 15 is 0 Å². The Morgan fingerprint density at radius 3 is 2.53 bits per heavy atom. The molecule has 2 aromatic heterocycles. The number of piperazine rings is 1. The summed E-state index contributed by atoms with van der Waals surface area (Å²) in [5.41, 5.74) is -0.997. The van der Waals surface area contributed by atoms with Crippen LogP contribution in [-0.2, 0) is 15.7 Å². The third-order valence-electron chi connectivity index (χ3n) is 4.86. The van der Waals surface area contributed by atoms with Crippen LogP contribution in [0, 0.1) is 0 Å². The van der Waals surface area contributed by atoms with Crippen molar-refractivity contribution >= 4 is 23.3 Å². The van der Waals surface area contributed by atoms with Gasteiger partial charge >= 0.3 is 6.18 Å². The van der Waals surface area contributed by atoms with E-state index in [0.29, 0.717) is 37.4 Å². The van der Waals surface area contributed by atoms with Crippen molar-refractivity contribution < 1.29 is 27.4 Å². The molecule has 8 nitrogen and oxygen atoms in total. The average molecular weight is 474 g/mol. The van der Waals surface area contributed by atoms with E-state index in [1.165, 1.54) is 0 Å². The van der Waals surface area contributed by atoms with E-state index in [2.05, 4.69) is 20.1 Å². The number of aromatic nitrogens is 3. The first-order valence-corrected chi connectivity index (χ1v) is 10.4. The molecule has 0 N–H and O–H groups in total. The van der Waals surface area contributed by atoms with E-state index in [1.807, 2.05) is 6.07 Å². The van der Waals surface area contributed by atoms with Crippen molar-refractivity contribution in [3.05, 3.63) is 41.3 Å². The SMILES string of the molecule is C[C@H](COc1cnncc1C(F)(F)F)OCCC(=O)N1CCN(c2ccc(Cl)cn2)CC1. The van der Waals surface area contributed by atoms with Crippen molar-refractivity contribution in [1.29, 1.82) is 0 Å². The fourth-order valence-corrected chi connectivity index (χ4v) is 3.25. The first kappa shape index (κ1) is 24.0. The third kappa shape index (κ3) is 6.67. The monoisotopic (exact) mass is 473 g/mol. The molecule has 1 amide bonds. The fraction of sp³-hybridized carbons (Fsp3) is 0.500. The molecule has 174 valence electrons. The molecule has 1 saturated heterocycles. The summed E-state index contributed by atoms with van der Waals surface area (Å²) in [6, 6.07) is 3.62. The van der Waals surface area contributed by atoms with Crippen molar-refractivity contribution in [2.45, 2.75) is 25.6 Å².